The zero-order chi connectivity index (χ0) is 15.0. The fraction of sp³-hybridized carbons (Fsp3) is 0.312. The Bertz CT molecular complexity index is 776. The van der Waals surface area contributed by atoms with E-state index in [9.17, 15) is 0 Å². The van der Waals surface area contributed by atoms with Crippen LogP contribution < -0.4 is 5.73 Å². The van der Waals surface area contributed by atoms with E-state index in [1.54, 1.807) is 11.3 Å². The number of hydrogen-bond acceptors (Lipinski definition) is 6. The summed E-state index contributed by atoms with van der Waals surface area (Å²) in [5.41, 5.74) is 7.80. The van der Waals surface area contributed by atoms with Gasteiger partial charge in [0.05, 0.1) is 10.5 Å². The van der Waals surface area contributed by atoms with Crippen molar-refractivity contribution in [2.24, 2.45) is 5.73 Å². The van der Waals surface area contributed by atoms with E-state index in [4.69, 9.17) is 10.3 Å². The van der Waals surface area contributed by atoms with E-state index in [1.807, 2.05) is 23.6 Å². The molecule has 0 atom stereocenters. The lowest BCUT2D eigenvalue weighted by atomic mass is 9.77. The van der Waals surface area contributed by atoms with Gasteiger partial charge in [-0.05, 0) is 24.8 Å². The van der Waals surface area contributed by atoms with E-state index in [0.717, 1.165) is 36.4 Å². The maximum absolute atomic E-state index is 6.22. The molecule has 22 heavy (non-hydrogen) atoms. The lowest BCUT2D eigenvalue weighted by Gasteiger charge is -2.34. The molecule has 1 aliphatic rings. The van der Waals surface area contributed by atoms with Gasteiger partial charge in [0.25, 0.3) is 5.89 Å². The summed E-state index contributed by atoms with van der Waals surface area (Å²) in [7, 11) is 0. The molecular formula is C16H16N4OS. The summed E-state index contributed by atoms with van der Waals surface area (Å²) in [6.45, 7) is 0. The molecule has 1 aromatic carbocycles. The van der Waals surface area contributed by atoms with E-state index in [0.29, 0.717) is 11.7 Å². The second kappa shape index (κ2) is 5.30. The van der Waals surface area contributed by atoms with Gasteiger partial charge in [0.15, 0.2) is 5.82 Å². The monoisotopic (exact) mass is 312 g/mol. The second-order valence-corrected chi connectivity index (χ2v) is 6.66. The van der Waals surface area contributed by atoms with Crippen LogP contribution in [0.2, 0.25) is 0 Å². The number of rotatable bonds is 4. The molecule has 0 unspecified atom stereocenters. The summed E-state index contributed by atoms with van der Waals surface area (Å²) < 4.78 is 5.34. The van der Waals surface area contributed by atoms with Gasteiger partial charge in [0.1, 0.15) is 5.69 Å². The predicted octanol–water partition coefficient (Wildman–Crippen LogP) is 3.12. The largest absolute Gasteiger partial charge is 0.332 e. The highest BCUT2D eigenvalue weighted by atomic mass is 32.1. The van der Waals surface area contributed by atoms with Crippen LogP contribution in [0.15, 0.2) is 40.2 Å². The molecule has 4 rings (SSSR count). The van der Waals surface area contributed by atoms with Crippen molar-refractivity contribution in [1.29, 1.82) is 0 Å². The molecule has 2 N–H and O–H groups in total. The molecule has 0 spiro atoms. The summed E-state index contributed by atoms with van der Waals surface area (Å²) in [5.74, 6) is 1.06. The van der Waals surface area contributed by atoms with Crippen LogP contribution >= 0.6 is 11.3 Å². The fourth-order valence-electron chi connectivity index (χ4n) is 2.57. The lowest BCUT2D eigenvalue weighted by molar-refractivity contribution is 0.229. The Morgan fingerprint density at radius 1 is 1.18 bits per heavy atom. The van der Waals surface area contributed by atoms with Crippen molar-refractivity contribution in [3.63, 3.8) is 0 Å². The molecule has 2 heterocycles. The summed E-state index contributed by atoms with van der Waals surface area (Å²) >= 11 is 1.61. The molecule has 1 aliphatic carbocycles. The maximum Gasteiger partial charge on any atom is 0.277 e. The van der Waals surface area contributed by atoms with Gasteiger partial charge in [-0.25, -0.2) is 4.98 Å². The van der Waals surface area contributed by atoms with Crippen LogP contribution in [0.1, 0.15) is 35.7 Å². The molecule has 0 aliphatic heterocycles. The summed E-state index contributed by atoms with van der Waals surface area (Å²) in [4.78, 5) is 9.03. The molecule has 1 saturated carbocycles. The van der Waals surface area contributed by atoms with E-state index >= 15 is 0 Å². The second-order valence-electron chi connectivity index (χ2n) is 5.72. The lowest BCUT2D eigenvalue weighted by Crippen LogP contribution is -2.44. The van der Waals surface area contributed by atoms with Crippen LogP contribution in [0.25, 0.3) is 11.6 Å². The van der Waals surface area contributed by atoms with Gasteiger partial charge in [-0.2, -0.15) is 4.98 Å². The van der Waals surface area contributed by atoms with E-state index in [2.05, 4.69) is 27.3 Å². The van der Waals surface area contributed by atoms with Gasteiger partial charge in [-0.1, -0.05) is 35.5 Å². The van der Waals surface area contributed by atoms with Gasteiger partial charge >= 0.3 is 0 Å². The predicted molar refractivity (Wildman–Crippen MR) is 84.4 cm³/mol. The molecule has 5 nitrogen and oxygen atoms in total. The van der Waals surface area contributed by atoms with Gasteiger partial charge < -0.3 is 10.3 Å². The average molecular weight is 312 g/mol. The molecule has 6 heteroatoms. The Morgan fingerprint density at radius 3 is 2.73 bits per heavy atom. The Kier molecular flexibility index (Phi) is 3.28. The smallest absolute Gasteiger partial charge is 0.277 e. The van der Waals surface area contributed by atoms with E-state index in [1.165, 1.54) is 5.56 Å². The molecule has 1 fully saturated rings. The zero-order valence-corrected chi connectivity index (χ0v) is 12.8. The van der Waals surface area contributed by atoms with Crippen LogP contribution in [-0.2, 0) is 12.0 Å². The minimum atomic E-state index is -0.398. The highest BCUT2D eigenvalue weighted by Gasteiger charge is 2.39. The Morgan fingerprint density at radius 2 is 2.00 bits per heavy atom. The molecule has 112 valence electrons. The van der Waals surface area contributed by atoms with Crippen LogP contribution in [0.4, 0.5) is 0 Å². The Hall–Kier alpha value is -2.05. The number of nitrogens with two attached hydrogens (primary N) is 1. The van der Waals surface area contributed by atoms with Crippen molar-refractivity contribution < 1.29 is 4.52 Å². The Labute approximate surface area is 132 Å². The number of benzene rings is 1. The summed E-state index contributed by atoms with van der Waals surface area (Å²) in [5, 5.41) is 7.03. The Balaban J connectivity index is 1.54. The molecule has 0 radical (unpaired) electrons. The molecular weight excluding hydrogens is 296 g/mol. The number of aromatic nitrogens is 3. The fourth-order valence-corrected chi connectivity index (χ4v) is 3.37. The van der Waals surface area contributed by atoms with Crippen LogP contribution in [0.5, 0.6) is 0 Å². The molecule has 0 saturated heterocycles. The average Bonchev–Trinajstić information content (AvgIpc) is 3.15. The number of nitrogens with zero attached hydrogens (tertiary/aromatic N) is 3. The first kappa shape index (κ1) is 13.6. The quantitative estimate of drug-likeness (QED) is 0.801. The van der Waals surface area contributed by atoms with Gasteiger partial charge in [0.2, 0.25) is 0 Å². The molecule has 0 amide bonds. The van der Waals surface area contributed by atoms with Crippen LogP contribution in [0, 0.1) is 0 Å². The zero-order valence-electron chi connectivity index (χ0n) is 12.0. The van der Waals surface area contributed by atoms with E-state index < -0.39 is 5.54 Å². The molecule has 3 aromatic rings. The topological polar surface area (TPSA) is 77.8 Å². The normalized spacial score (nSPS) is 16.4. The van der Waals surface area contributed by atoms with Crippen LogP contribution in [-0.4, -0.2) is 15.1 Å². The minimum Gasteiger partial charge on any atom is -0.332 e. The first-order valence-electron chi connectivity index (χ1n) is 7.35. The van der Waals surface area contributed by atoms with Crippen molar-refractivity contribution in [2.75, 3.05) is 0 Å². The van der Waals surface area contributed by atoms with Crippen molar-refractivity contribution in [2.45, 2.75) is 31.2 Å². The summed E-state index contributed by atoms with van der Waals surface area (Å²) in [6.07, 6.45) is 3.77. The third-order valence-electron chi connectivity index (χ3n) is 4.09. The highest BCUT2D eigenvalue weighted by molar-refractivity contribution is 7.10. The first-order chi connectivity index (χ1) is 10.7. The highest BCUT2D eigenvalue weighted by Crippen LogP contribution is 2.37. The number of hydrogen-bond donors (Lipinski definition) is 1. The standard InChI is InChI=1S/C16H16N4OS/c17-16(7-4-8-16)15-19-14(21-20-15)12-10-22-13(18-12)9-11-5-2-1-3-6-11/h1-3,5-6,10H,4,7-9,17H2. The van der Waals surface area contributed by atoms with Crippen molar-refractivity contribution in [3.05, 3.63) is 52.1 Å². The van der Waals surface area contributed by atoms with Crippen LogP contribution in [0.3, 0.4) is 0 Å². The third-order valence-corrected chi connectivity index (χ3v) is 4.93. The van der Waals surface area contributed by atoms with Crippen molar-refractivity contribution in [1.82, 2.24) is 15.1 Å². The van der Waals surface area contributed by atoms with Gasteiger partial charge in [-0.15, -0.1) is 11.3 Å². The number of thiazole rings is 1. The third kappa shape index (κ3) is 2.44. The van der Waals surface area contributed by atoms with Crippen molar-refractivity contribution in [3.8, 4) is 11.6 Å². The maximum atomic E-state index is 6.22. The first-order valence-corrected chi connectivity index (χ1v) is 8.23. The molecule has 0 bridgehead atoms. The SMILES string of the molecule is NC1(c2noc(-c3csc(Cc4ccccc4)n3)n2)CCC1. The minimum absolute atomic E-state index is 0.398. The van der Waals surface area contributed by atoms with E-state index in [-0.39, 0.29) is 0 Å². The summed E-state index contributed by atoms with van der Waals surface area (Å²) in [6, 6.07) is 10.3. The van der Waals surface area contributed by atoms with Crippen molar-refractivity contribution >= 4 is 11.3 Å². The molecule has 2 aromatic heterocycles. The van der Waals surface area contributed by atoms with Gasteiger partial charge in [-0.3, -0.25) is 0 Å². The van der Waals surface area contributed by atoms with Gasteiger partial charge in [0, 0.05) is 11.8 Å².